The minimum atomic E-state index is -1.38. The van der Waals surface area contributed by atoms with Crippen molar-refractivity contribution in [1.82, 2.24) is 16.2 Å². The first-order valence-electron chi connectivity index (χ1n) is 9.09. The molecule has 0 aliphatic carbocycles. The van der Waals surface area contributed by atoms with Gasteiger partial charge in [-0.25, -0.2) is 9.69 Å². The second-order valence-electron chi connectivity index (χ2n) is 6.58. The Morgan fingerprint density at radius 2 is 1.73 bits per heavy atom. The van der Waals surface area contributed by atoms with E-state index in [0.29, 0.717) is 5.69 Å². The van der Waals surface area contributed by atoms with E-state index in [0.717, 1.165) is 10.5 Å². The summed E-state index contributed by atoms with van der Waals surface area (Å²) in [7, 11) is 0. The van der Waals surface area contributed by atoms with Crippen LogP contribution in [-0.4, -0.2) is 28.9 Å². The quantitative estimate of drug-likeness (QED) is 0.441. The predicted octanol–water partition coefficient (Wildman–Crippen LogP) is 1.74. The van der Waals surface area contributed by atoms with Gasteiger partial charge in [0.1, 0.15) is 5.75 Å². The van der Waals surface area contributed by atoms with Gasteiger partial charge in [-0.3, -0.25) is 25.1 Å². The van der Waals surface area contributed by atoms with Crippen LogP contribution in [0.3, 0.4) is 0 Å². The number of nitrogens with one attached hydrogen (secondary N) is 3. The zero-order valence-corrected chi connectivity index (χ0v) is 16.3. The van der Waals surface area contributed by atoms with Crippen molar-refractivity contribution >= 4 is 29.4 Å². The lowest BCUT2D eigenvalue weighted by Crippen LogP contribution is -2.60. The Bertz CT molecular complexity index is 1050. The number of anilines is 1. The summed E-state index contributed by atoms with van der Waals surface area (Å²) in [6.07, 6.45) is 1.44. The molecule has 9 nitrogen and oxygen atoms in total. The number of allylic oxidation sites excluding steroid dienone is 1. The number of hydrazine groups is 1. The largest absolute Gasteiger partial charge is 0.507 e. The summed E-state index contributed by atoms with van der Waals surface area (Å²) in [6, 6.07) is 11.7. The third-order valence-electron chi connectivity index (χ3n) is 4.55. The van der Waals surface area contributed by atoms with Crippen LogP contribution in [0.1, 0.15) is 22.8 Å². The highest BCUT2D eigenvalue weighted by atomic mass is 16.3. The number of urea groups is 1. The molecule has 1 aliphatic rings. The van der Waals surface area contributed by atoms with Gasteiger partial charge in [-0.15, -0.1) is 0 Å². The van der Waals surface area contributed by atoms with E-state index in [1.807, 2.05) is 6.92 Å². The fraction of sp³-hybridized carbons (Fsp3) is 0.143. The number of imide groups is 2. The highest BCUT2D eigenvalue weighted by Gasteiger charge is 2.43. The van der Waals surface area contributed by atoms with Gasteiger partial charge >= 0.3 is 6.03 Å². The molecular weight excluding hydrogens is 388 g/mol. The fourth-order valence-corrected chi connectivity index (χ4v) is 2.96. The third-order valence-corrected chi connectivity index (χ3v) is 4.55. The van der Waals surface area contributed by atoms with Crippen molar-refractivity contribution in [1.29, 1.82) is 0 Å². The maximum Gasteiger partial charge on any atom is 0.335 e. The number of barbiturate groups is 1. The number of aromatic hydroxyl groups is 1. The van der Waals surface area contributed by atoms with Gasteiger partial charge in [0.15, 0.2) is 5.92 Å². The van der Waals surface area contributed by atoms with Gasteiger partial charge in [-0.1, -0.05) is 35.9 Å². The first kappa shape index (κ1) is 20.6. The summed E-state index contributed by atoms with van der Waals surface area (Å²) in [6.45, 7) is 3.44. The van der Waals surface area contributed by atoms with Crippen molar-refractivity contribution < 1.29 is 24.3 Å². The molecule has 1 heterocycles. The Kier molecular flexibility index (Phi) is 5.82. The molecule has 0 unspecified atom stereocenters. The average molecular weight is 408 g/mol. The third kappa shape index (κ3) is 4.00. The van der Waals surface area contributed by atoms with Crippen molar-refractivity contribution in [2.24, 2.45) is 5.92 Å². The van der Waals surface area contributed by atoms with E-state index < -0.39 is 29.7 Å². The summed E-state index contributed by atoms with van der Waals surface area (Å²) in [5.41, 5.74) is 6.24. The molecule has 1 aliphatic heterocycles. The van der Waals surface area contributed by atoms with Crippen LogP contribution >= 0.6 is 0 Å². The molecule has 1 atom stereocenters. The maximum absolute atomic E-state index is 13.0. The Hall–Kier alpha value is -4.14. The average Bonchev–Trinajstić information content (AvgIpc) is 2.71. The number of hydrogen-bond donors (Lipinski definition) is 4. The van der Waals surface area contributed by atoms with Crippen LogP contribution in [0.15, 0.2) is 60.3 Å². The molecule has 0 radical (unpaired) electrons. The van der Waals surface area contributed by atoms with Crippen molar-refractivity contribution in [2.75, 3.05) is 4.90 Å². The number of aryl methyl sites for hydroxylation is 1. The van der Waals surface area contributed by atoms with E-state index in [1.54, 1.807) is 43.3 Å². The number of carbonyl (C=O) groups is 4. The molecule has 1 fully saturated rings. The summed E-state index contributed by atoms with van der Waals surface area (Å²) in [4.78, 5) is 50.9. The molecule has 0 aromatic heterocycles. The Morgan fingerprint density at radius 3 is 2.37 bits per heavy atom. The van der Waals surface area contributed by atoms with Crippen LogP contribution in [0.4, 0.5) is 10.5 Å². The summed E-state index contributed by atoms with van der Waals surface area (Å²) in [5, 5.41) is 11.9. The molecule has 0 saturated carbocycles. The molecule has 1 saturated heterocycles. The highest BCUT2D eigenvalue weighted by Crippen LogP contribution is 2.24. The molecule has 5 amide bonds. The van der Waals surface area contributed by atoms with Gasteiger partial charge in [0.05, 0.1) is 11.3 Å². The second-order valence-corrected chi connectivity index (χ2v) is 6.58. The van der Waals surface area contributed by atoms with Crippen molar-refractivity contribution in [3.8, 4) is 5.75 Å². The normalized spacial score (nSPS) is 16.9. The topological polar surface area (TPSA) is 128 Å². The lowest BCUT2D eigenvalue weighted by molar-refractivity contribution is -0.132. The Morgan fingerprint density at radius 1 is 1.07 bits per heavy atom. The molecule has 9 heteroatoms. The molecule has 0 spiro atoms. The number of amides is 5. The fourth-order valence-electron chi connectivity index (χ4n) is 2.96. The highest BCUT2D eigenvalue weighted by molar-refractivity contribution is 6.28. The van der Waals surface area contributed by atoms with Gasteiger partial charge in [0, 0.05) is 5.70 Å². The SMILES string of the molecule is C/C=C(\NNC(=O)c1ccccc1O)[C@H]1C(=O)NC(=O)N(c2ccc(C)cc2)C1=O. The van der Waals surface area contributed by atoms with Crippen molar-refractivity contribution in [3.63, 3.8) is 0 Å². The summed E-state index contributed by atoms with van der Waals surface area (Å²) >= 11 is 0. The minimum Gasteiger partial charge on any atom is -0.507 e. The molecule has 2 aromatic carbocycles. The monoisotopic (exact) mass is 408 g/mol. The standard InChI is InChI=1S/C21H20N4O5/c1-3-15(23-24-18(27)14-6-4-5-7-16(14)26)17-19(28)22-21(30)25(20(17)29)13-10-8-12(2)9-11-13/h3-11,17,23,26H,1-2H3,(H,24,27)(H,22,28,30)/b15-3-/t17-/m0/s1. The Labute approximate surface area is 172 Å². The van der Waals surface area contributed by atoms with Crippen LogP contribution in [0, 0.1) is 12.8 Å². The summed E-state index contributed by atoms with van der Waals surface area (Å²) < 4.78 is 0. The number of rotatable bonds is 5. The number of hydrogen-bond acceptors (Lipinski definition) is 6. The van der Waals surface area contributed by atoms with Gasteiger partial charge in [0.25, 0.3) is 11.8 Å². The van der Waals surface area contributed by atoms with Crippen LogP contribution in [0.5, 0.6) is 5.75 Å². The molecule has 4 N–H and O–H groups in total. The molecule has 30 heavy (non-hydrogen) atoms. The predicted molar refractivity (Wildman–Crippen MR) is 108 cm³/mol. The number of nitrogens with zero attached hydrogens (tertiary/aromatic N) is 1. The first-order chi connectivity index (χ1) is 14.3. The van der Waals surface area contributed by atoms with E-state index >= 15 is 0 Å². The smallest absolute Gasteiger partial charge is 0.335 e. The molecule has 2 aromatic rings. The Balaban J connectivity index is 1.81. The van der Waals surface area contributed by atoms with Crippen molar-refractivity contribution in [3.05, 3.63) is 71.4 Å². The second kappa shape index (κ2) is 8.48. The van der Waals surface area contributed by atoms with Crippen LogP contribution in [0.2, 0.25) is 0 Å². The van der Waals surface area contributed by atoms with Gasteiger partial charge in [-0.05, 0) is 38.1 Å². The van der Waals surface area contributed by atoms with E-state index in [4.69, 9.17) is 0 Å². The zero-order chi connectivity index (χ0) is 21.8. The van der Waals surface area contributed by atoms with Crippen LogP contribution in [-0.2, 0) is 9.59 Å². The minimum absolute atomic E-state index is 0.0105. The molecule has 0 bridgehead atoms. The lowest BCUT2D eigenvalue weighted by Gasteiger charge is -2.31. The van der Waals surface area contributed by atoms with E-state index in [9.17, 15) is 24.3 Å². The van der Waals surface area contributed by atoms with E-state index in [2.05, 4.69) is 16.2 Å². The molecular formula is C21H20N4O5. The zero-order valence-electron chi connectivity index (χ0n) is 16.3. The molecule has 3 rings (SSSR count). The van der Waals surface area contributed by atoms with E-state index in [-0.39, 0.29) is 17.0 Å². The van der Waals surface area contributed by atoms with Crippen molar-refractivity contribution in [2.45, 2.75) is 13.8 Å². The summed E-state index contributed by atoms with van der Waals surface area (Å²) in [5.74, 6) is -3.83. The number of carbonyl (C=O) groups excluding carboxylic acids is 4. The maximum atomic E-state index is 13.0. The van der Waals surface area contributed by atoms with Crippen LogP contribution < -0.4 is 21.1 Å². The van der Waals surface area contributed by atoms with E-state index in [1.165, 1.54) is 18.2 Å². The van der Waals surface area contributed by atoms with Gasteiger partial charge in [-0.2, -0.15) is 0 Å². The van der Waals surface area contributed by atoms with Crippen LogP contribution in [0.25, 0.3) is 0 Å². The first-order valence-corrected chi connectivity index (χ1v) is 9.09. The number of benzene rings is 2. The van der Waals surface area contributed by atoms with Gasteiger partial charge < -0.3 is 10.5 Å². The number of phenols is 1. The molecule has 154 valence electrons. The number of phenolic OH excluding ortho intramolecular Hbond substituents is 1. The van der Waals surface area contributed by atoms with Gasteiger partial charge in [0.2, 0.25) is 5.91 Å². The lowest BCUT2D eigenvalue weighted by atomic mass is 10.00. The number of para-hydroxylation sites is 1.